The van der Waals surface area contributed by atoms with Gasteiger partial charge in [-0.05, 0) is 37.1 Å². The zero-order valence-electron chi connectivity index (χ0n) is 13.4. The molecule has 0 radical (unpaired) electrons. The van der Waals surface area contributed by atoms with E-state index in [9.17, 15) is 14.7 Å². The van der Waals surface area contributed by atoms with Crippen molar-refractivity contribution in [3.8, 4) is 5.75 Å². The summed E-state index contributed by atoms with van der Waals surface area (Å²) in [6, 6.07) is 4.63. The summed E-state index contributed by atoms with van der Waals surface area (Å²) in [4.78, 5) is 26.0. The van der Waals surface area contributed by atoms with Crippen molar-refractivity contribution in [2.75, 3.05) is 26.1 Å². The van der Waals surface area contributed by atoms with E-state index >= 15 is 0 Å². The molecule has 1 aliphatic rings. The third kappa shape index (κ3) is 2.54. The van der Waals surface area contributed by atoms with Gasteiger partial charge in [0.15, 0.2) is 6.04 Å². The Bertz CT molecular complexity index is 602. The van der Waals surface area contributed by atoms with Crippen LogP contribution < -0.4 is 10.2 Å². The van der Waals surface area contributed by atoms with Crippen molar-refractivity contribution in [1.29, 1.82) is 0 Å². The highest BCUT2D eigenvalue weighted by Crippen LogP contribution is 2.45. The molecule has 120 valence electrons. The van der Waals surface area contributed by atoms with Crippen LogP contribution in [0.15, 0.2) is 18.2 Å². The Hall–Kier alpha value is -2.08. The Labute approximate surface area is 130 Å². The molecule has 0 saturated carbocycles. The summed E-state index contributed by atoms with van der Waals surface area (Å²) >= 11 is 0. The second kappa shape index (κ2) is 5.96. The average Bonchev–Trinajstić information content (AvgIpc) is 2.69. The van der Waals surface area contributed by atoms with E-state index in [0.29, 0.717) is 12.8 Å². The van der Waals surface area contributed by atoms with E-state index in [-0.39, 0.29) is 23.7 Å². The standard InChI is InChI=1S/C16H22N2O4/c1-16(8-7-12(17-2)14(20)22-4)11-9-10(19)5-6-13(11)18(3)15(16)21/h5-6,9,12,17,19H,7-8H2,1-4H3/p+1/t12-,16-/m1/s1. The van der Waals surface area contributed by atoms with Gasteiger partial charge in [-0.1, -0.05) is 0 Å². The maximum atomic E-state index is 12.7. The Morgan fingerprint density at radius 1 is 1.50 bits per heavy atom. The monoisotopic (exact) mass is 307 g/mol. The number of amides is 1. The van der Waals surface area contributed by atoms with Crippen LogP contribution in [0.5, 0.6) is 5.75 Å². The van der Waals surface area contributed by atoms with Gasteiger partial charge in [-0.3, -0.25) is 4.79 Å². The third-order valence-electron chi connectivity index (χ3n) is 4.57. The van der Waals surface area contributed by atoms with Gasteiger partial charge in [0, 0.05) is 19.2 Å². The highest BCUT2D eigenvalue weighted by molar-refractivity contribution is 6.07. The van der Waals surface area contributed by atoms with Crippen LogP contribution in [0.1, 0.15) is 25.3 Å². The van der Waals surface area contributed by atoms with E-state index in [1.54, 1.807) is 35.5 Å². The molecule has 0 unspecified atom stereocenters. The molecule has 1 aromatic rings. The number of anilines is 1. The van der Waals surface area contributed by atoms with Gasteiger partial charge in [-0.25, -0.2) is 4.79 Å². The number of phenols is 1. The lowest BCUT2D eigenvalue weighted by Gasteiger charge is -2.24. The summed E-state index contributed by atoms with van der Waals surface area (Å²) in [6.45, 7) is 1.86. The number of carbonyl (C=O) groups excluding carboxylic acids is 2. The van der Waals surface area contributed by atoms with E-state index in [2.05, 4.69) is 0 Å². The minimum Gasteiger partial charge on any atom is -0.508 e. The van der Waals surface area contributed by atoms with E-state index in [0.717, 1.165) is 11.3 Å². The molecule has 3 N–H and O–H groups in total. The predicted octanol–water partition coefficient (Wildman–Crippen LogP) is 0.141. The summed E-state index contributed by atoms with van der Waals surface area (Å²) in [5.41, 5.74) is 0.873. The van der Waals surface area contributed by atoms with Crippen molar-refractivity contribution >= 4 is 17.6 Å². The van der Waals surface area contributed by atoms with Crippen molar-refractivity contribution in [3.05, 3.63) is 23.8 Å². The quantitative estimate of drug-likeness (QED) is 0.758. The first-order chi connectivity index (χ1) is 10.3. The zero-order valence-corrected chi connectivity index (χ0v) is 13.4. The third-order valence-corrected chi connectivity index (χ3v) is 4.57. The maximum absolute atomic E-state index is 12.7. The van der Waals surface area contributed by atoms with Crippen molar-refractivity contribution < 1.29 is 24.7 Å². The SMILES string of the molecule is C[NH2+][C@H](CC[C@@]1(C)C(=O)N(C)c2ccc(O)cc21)C(=O)OC. The average molecular weight is 307 g/mol. The van der Waals surface area contributed by atoms with Gasteiger partial charge < -0.3 is 20.1 Å². The lowest BCUT2D eigenvalue weighted by atomic mass is 9.78. The van der Waals surface area contributed by atoms with Crippen LogP contribution in [0.2, 0.25) is 0 Å². The van der Waals surface area contributed by atoms with Crippen LogP contribution in [0, 0.1) is 0 Å². The van der Waals surface area contributed by atoms with Crippen molar-refractivity contribution in [2.45, 2.75) is 31.2 Å². The molecule has 1 aliphatic heterocycles. The Morgan fingerprint density at radius 3 is 2.77 bits per heavy atom. The highest BCUT2D eigenvalue weighted by Gasteiger charge is 2.46. The van der Waals surface area contributed by atoms with E-state index in [1.807, 2.05) is 14.0 Å². The molecule has 0 bridgehead atoms. The number of hydrogen-bond acceptors (Lipinski definition) is 4. The van der Waals surface area contributed by atoms with E-state index in [4.69, 9.17) is 4.74 Å². The zero-order chi connectivity index (χ0) is 16.5. The van der Waals surface area contributed by atoms with E-state index < -0.39 is 5.41 Å². The van der Waals surface area contributed by atoms with Crippen LogP contribution in [-0.2, 0) is 19.7 Å². The number of quaternary nitrogens is 1. The number of hydrogen-bond donors (Lipinski definition) is 2. The number of likely N-dealkylation sites (N-methyl/N-ethyl adjacent to an activating group) is 2. The minimum absolute atomic E-state index is 0.0205. The number of ether oxygens (including phenoxy) is 1. The summed E-state index contributed by atoms with van der Waals surface area (Å²) in [7, 11) is 4.90. The van der Waals surface area contributed by atoms with Crippen LogP contribution >= 0.6 is 0 Å². The summed E-state index contributed by atoms with van der Waals surface area (Å²) < 4.78 is 4.78. The first-order valence-corrected chi connectivity index (χ1v) is 7.34. The van der Waals surface area contributed by atoms with Gasteiger partial charge in [-0.2, -0.15) is 0 Å². The lowest BCUT2D eigenvalue weighted by molar-refractivity contribution is -0.652. The number of aromatic hydroxyl groups is 1. The van der Waals surface area contributed by atoms with Gasteiger partial charge in [0.1, 0.15) is 5.75 Å². The molecule has 1 heterocycles. The summed E-state index contributed by atoms with van der Waals surface area (Å²) in [5.74, 6) is -0.173. The number of carbonyl (C=O) groups is 2. The summed E-state index contributed by atoms with van der Waals surface area (Å²) in [5, 5.41) is 11.5. The summed E-state index contributed by atoms with van der Waals surface area (Å²) in [6.07, 6.45) is 1.03. The molecule has 1 aromatic carbocycles. The molecule has 2 atom stereocenters. The number of benzene rings is 1. The van der Waals surface area contributed by atoms with Crippen molar-refractivity contribution in [2.24, 2.45) is 0 Å². The van der Waals surface area contributed by atoms with Gasteiger partial charge >= 0.3 is 5.97 Å². The minimum atomic E-state index is -0.738. The van der Waals surface area contributed by atoms with Gasteiger partial charge in [0.05, 0.1) is 19.6 Å². The number of rotatable bonds is 5. The fraction of sp³-hybridized carbons (Fsp3) is 0.500. The van der Waals surface area contributed by atoms with Gasteiger partial charge in [-0.15, -0.1) is 0 Å². The number of fused-ring (bicyclic) bond motifs is 1. The van der Waals surface area contributed by atoms with Crippen LogP contribution in [0.25, 0.3) is 0 Å². The van der Waals surface area contributed by atoms with E-state index in [1.165, 1.54) is 7.11 Å². The van der Waals surface area contributed by atoms with Gasteiger partial charge in [0.25, 0.3) is 0 Å². The Morgan fingerprint density at radius 2 is 2.18 bits per heavy atom. The van der Waals surface area contributed by atoms with Gasteiger partial charge in [0.2, 0.25) is 5.91 Å². The molecule has 0 fully saturated rings. The molecule has 1 amide bonds. The topological polar surface area (TPSA) is 83.5 Å². The molecule has 6 heteroatoms. The number of esters is 1. The maximum Gasteiger partial charge on any atom is 0.364 e. The Kier molecular flexibility index (Phi) is 4.42. The highest BCUT2D eigenvalue weighted by atomic mass is 16.5. The molecule has 0 aromatic heterocycles. The van der Waals surface area contributed by atoms with Crippen molar-refractivity contribution in [1.82, 2.24) is 0 Å². The molecule has 2 rings (SSSR count). The molecular weight excluding hydrogens is 284 g/mol. The van der Waals surface area contributed by atoms with Crippen LogP contribution in [-0.4, -0.2) is 44.2 Å². The second-order valence-electron chi connectivity index (χ2n) is 5.90. The number of methoxy groups -OCH3 is 1. The first-order valence-electron chi connectivity index (χ1n) is 7.34. The molecule has 6 nitrogen and oxygen atoms in total. The smallest absolute Gasteiger partial charge is 0.364 e. The fourth-order valence-corrected chi connectivity index (χ4v) is 3.11. The van der Waals surface area contributed by atoms with Crippen LogP contribution in [0.3, 0.4) is 0 Å². The molecule has 22 heavy (non-hydrogen) atoms. The van der Waals surface area contributed by atoms with Crippen molar-refractivity contribution in [3.63, 3.8) is 0 Å². The lowest BCUT2D eigenvalue weighted by Crippen LogP contribution is -2.88. The normalized spacial score (nSPS) is 21.6. The molecular formula is C16H23N2O4+. The molecule has 0 spiro atoms. The van der Waals surface area contributed by atoms with Crippen LogP contribution in [0.4, 0.5) is 5.69 Å². The molecule has 0 aliphatic carbocycles. The number of nitrogens with zero attached hydrogens (tertiary/aromatic N) is 1. The second-order valence-corrected chi connectivity index (χ2v) is 5.90. The fourth-order valence-electron chi connectivity index (χ4n) is 3.11. The number of phenolic OH excluding ortho intramolecular Hbond substituents is 1. The first kappa shape index (κ1) is 16.3. The predicted molar refractivity (Wildman–Crippen MR) is 81.8 cm³/mol. The number of nitrogens with two attached hydrogens (primary N) is 1. The molecule has 0 saturated heterocycles. The Balaban J connectivity index is 2.28. The largest absolute Gasteiger partial charge is 0.508 e.